The molecule has 0 saturated heterocycles. The van der Waals surface area contributed by atoms with Gasteiger partial charge in [-0.2, -0.15) is 0 Å². The molecule has 0 spiro atoms. The maximum Gasteiger partial charge on any atom is 0.141 e. The quantitative estimate of drug-likeness (QED) is 0.589. The van der Waals surface area contributed by atoms with Crippen molar-refractivity contribution in [1.29, 1.82) is 0 Å². The predicted octanol–water partition coefficient (Wildman–Crippen LogP) is 6.10. The van der Waals surface area contributed by atoms with Crippen molar-refractivity contribution in [1.82, 2.24) is 0 Å². The molecule has 0 fully saturated rings. The van der Waals surface area contributed by atoms with Crippen molar-refractivity contribution in [2.75, 3.05) is 12.4 Å². The minimum atomic E-state index is 0.560. The Hall–Kier alpha value is -2.74. The van der Waals surface area contributed by atoms with E-state index in [0.29, 0.717) is 5.92 Å². The topological polar surface area (TPSA) is 21.3 Å². The van der Waals surface area contributed by atoms with Crippen LogP contribution in [-0.2, 0) is 6.54 Å². The number of benzene rings is 3. The van der Waals surface area contributed by atoms with Gasteiger partial charge in [-0.3, -0.25) is 0 Å². The van der Waals surface area contributed by atoms with Gasteiger partial charge < -0.3 is 10.1 Å². The van der Waals surface area contributed by atoms with Crippen LogP contribution in [0.4, 0.5) is 5.69 Å². The minimum Gasteiger partial charge on any atom is -0.495 e. The first-order valence-corrected chi connectivity index (χ1v) is 8.73. The fraction of sp³-hybridized carbons (Fsp3) is 0.217. The van der Waals surface area contributed by atoms with Crippen LogP contribution in [-0.4, -0.2) is 7.11 Å². The van der Waals surface area contributed by atoms with Crippen LogP contribution in [0.5, 0.6) is 5.75 Å². The maximum atomic E-state index is 5.51. The van der Waals surface area contributed by atoms with E-state index in [4.69, 9.17) is 4.74 Å². The highest BCUT2D eigenvalue weighted by Gasteiger charge is 2.06. The second-order valence-electron chi connectivity index (χ2n) is 6.53. The van der Waals surface area contributed by atoms with E-state index in [-0.39, 0.29) is 0 Å². The van der Waals surface area contributed by atoms with Crippen molar-refractivity contribution in [3.8, 4) is 16.9 Å². The van der Waals surface area contributed by atoms with Crippen LogP contribution in [0.1, 0.15) is 30.9 Å². The molecule has 25 heavy (non-hydrogen) atoms. The van der Waals surface area contributed by atoms with Crippen molar-refractivity contribution >= 4 is 5.69 Å². The third-order valence-corrected chi connectivity index (χ3v) is 4.44. The van der Waals surface area contributed by atoms with Crippen molar-refractivity contribution in [2.45, 2.75) is 26.3 Å². The number of ether oxygens (including phenoxy) is 1. The second-order valence-corrected chi connectivity index (χ2v) is 6.53. The minimum absolute atomic E-state index is 0.560. The Labute approximate surface area is 150 Å². The van der Waals surface area contributed by atoms with Crippen LogP contribution < -0.4 is 10.1 Å². The summed E-state index contributed by atoms with van der Waals surface area (Å²) < 4.78 is 5.51. The molecule has 3 aromatic carbocycles. The maximum absolute atomic E-state index is 5.51. The van der Waals surface area contributed by atoms with E-state index in [0.717, 1.165) is 18.0 Å². The largest absolute Gasteiger partial charge is 0.495 e. The van der Waals surface area contributed by atoms with Gasteiger partial charge in [-0.25, -0.2) is 0 Å². The molecule has 0 aliphatic carbocycles. The summed E-state index contributed by atoms with van der Waals surface area (Å²) in [6.07, 6.45) is 0. The standard InChI is InChI=1S/C23H25NO/c1-17(2)19-11-9-18(10-12-19)16-24-22-15-21(13-14-23(22)25-3)20-7-5-4-6-8-20/h4-15,17,24H,16H2,1-3H3. The SMILES string of the molecule is COc1ccc(-c2ccccc2)cc1NCc1ccc(C(C)C)cc1. The van der Waals surface area contributed by atoms with Gasteiger partial charge in [0.05, 0.1) is 12.8 Å². The lowest BCUT2D eigenvalue weighted by Gasteiger charge is -2.14. The molecule has 1 N–H and O–H groups in total. The van der Waals surface area contributed by atoms with Gasteiger partial charge >= 0.3 is 0 Å². The summed E-state index contributed by atoms with van der Waals surface area (Å²) in [7, 11) is 1.71. The van der Waals surface area contributed by atoms with Gasteiger partial charge in [-0.05, 0) is 40.3 Å². The first kappa shape index (κ1) is 17.1. The van der Waals surface area contributed by atoms with E-state index in [2.05, 4.69) is 79.8 Å². The molecule has 0 aromatic heterocycles. The zero-order valence-electron chi connectivity index (χ0n) is 15.1. The summed E-state index contributed by atoms with van der Waals surface area (Å²) in [5, 5.41) is 3.51. The molecule has 0 atom stereocenters. The fourth-order valence-electron chi connectivity index (χ4n) is 2.87. The summed E-state index contributed by atoms with van der Waals surface area (Å²) in [4.78, 5) is 0. The van der Waals surface area contributed by atoms with Crippen LogP contribution in [0.3, 0.4) is 0 Å². The molecule has 0 aliphatic heterocycles. The van der Waals surface area contributed by atoms with E-state index >= 15 is 0 Å². The van der Waals surface area contributed by atoms with E-state index in [1.54, 1.807) is 7.11 Å². The van der Waals surface area contributed by atoms with Crippen LogP contribution in [0.15, 0.2) is 72.8 Å². The molecular weight excluding hydrogens is 306 g/mol. The highest BCUT2D eigenvalue weighted by molar-refractivity contribution is 5.72. The van der Waals surface area contributed by atoms with Crippen LogP contribution in [0.25, 0.3) is 11.1 Å². The zero-order valence-corrected chi connectivity index (χ0v) is 15.1. The Kier molecular flexibility index (Phi) is 5.39. The molecule has 0 unspecified atom stereocenters. The summed E-state index contributed by atoms with van der Waals surface area (Å²) in [6.45, 7) is 5.20. The first-order chi connectivity index (χ1) is 12.2. The Morgan fingerprint density at radius 3 is 2.20 bits per heavy atom. The van der Waals surface area contributed by atoms with Crippen LogP contribution in [0, 0.1) is 0 Å². The average Bonchev–Trinajstić information content (AvgIpc) is 2.67. The molecule has 2 nitrogen and oxygen atoms in total. The summed E-state index contributed by atoms with van der Waals surface area (Å²) in [5.41, 5.74) is 6.02. The van der Waals surface area contributed by atoms with Crippen molar-refractivity contribution < 1.29 is 4.74 Å². The summed E-state index contributed by atoms with van der Waals surface area (Å²) in [5.74, 6) is 1.42. The molecule has 3 rings (SSSR count). The van der Waals surface area contributed by atoms with E-state index < -0.39 is 0 Å². The first-order valence-electron chi connectivity index (χ1n) is 8.73. The van der Waals surface area contributed by atoms with Gasteiger partial charge in [0, 0.05) is 6.54 Å². The van der Waals surface area contributed by atoms with Crippen molar-refractivity contribution in [3.63, 3.8) is 0 Å². The number of nitrogens with one attached hydrogen (secondary N) is 1. The van der Waals surface area contributed by atoms with E-state index in [9.17, 15) is 0 Å². The van der Waals surface area contributed by atoms with Crippen LogP contribution in [0.2, 0.25) is 0 Å². The molecule has 0 aliphatic rings. The Balaban J connectivity index is 1.78. The molecule has 0 heterocycles. The number of anilines is 1. The van der Waals surface area contributed by atoms with Gasteiger partial charge in [-0.15, -0.1) is 0 Å². The molecule has 0 radical (unpaired) electrons. The van der Waals surface area contributed by atoms with Gasteiger partial charge in [0.2, 0.25) is 0 Å². The monoisotopic (exact) mass is 331 g/mol. The molecule has 0 saturated carbocycles. The molecule has 0 amide bonds. The van der Waals surface area contributed by atoms with E-state index in [1.165, 1.54) is 22.3 Å². The second kappa shape index (κ2) is 7.89. The number of rotatable bonds is 6. The summed E-state index contributed by atoms with van der Waals surface area (Å²) in [6, 6.07) is 25.5. The van der Waals surface area contributed by atoms with Crippen LogP contribution >= 0.6 is 0 Å². The summed E-state index contributed by atoms with van der Waals surface area (Å²) >= 11 is 0. The Morgan fingerprint density at radius 2 is 1.56 bits per heavy atom. The highest BCUT2D eigenvalue weighted by Crippen LogP contribution is 2.31. The van der Waals surface area contributed by atoms with E-state index in [1.807, 2.05) is 12.1 Å². The van der Waals surface area contributed by atoms with Gasteiger partial charge in [0.1, 0.15) is 5.75 Å². The lowest BCUT2D eigenvalue weighted by molar-refractivity contribution is 0.416. The normalized spacial score (nSPS) is 10.7. The van der Waals surface area contributed by atoms with Gasteiger partial charge in [0.25, 0.3) is 0 Å². The average molecular weight is 331 g/mol. The van der Waals surface area contributed by atoms with Gasteiger partial charge in [0.15, 0.2) is 0 Å². The van der Waals surface area contributed by atoms with Crippen molar-refractivity contribution in [2.24, 2.45) is 0 Å². The Morgan fingerprint density at radius 1 is 0.840 bits per heavy atom. The third kappa shape index (κ3) is 4.21. The third-order valence-electron chi connectivity index (χ3n) is 4.44. The lowest BCUT2D eigenvalue weighted by Crippen LogP contribution is -2.02. The Bertz CT molecular complexity index is 807. The zero-order chi connectivity index (χ0) is 17.6. The number of methoxy groups -OCH3 is 1. The predicted molar refractivity (Wildman–Crippen MR) is 106 cm³/mol. The molecule has 128 valence electrons. The number of hydrogen-bond acceptors (Lipinski definition) is 2. The molecular formula is C23H25NO. The van der Waals surface area contributed by atoms with Gasteiger partial charge in [-0.1, -0.05) is 74.5 Å². The molecule has 0 bridgehead atoms. The highest BCUT2D eigenvalue weighted by atomic mass is 16.5. The molecule has 2 heteroatoms. The lowest BCUT2D eigenvalue weighted by atomic mass is 10.0. The van der Waals surface area contributed by atoms with Crippen molar-refractivity contribution in [3.05, 3.63) is 83.9 Å². The smallest absolute Gasteiger partial charge is 0.141 e. The number of hydrogen-bond donors (Lipinski definition) is 1. The fourth-order valence-corrected chi connectivity index (χ4v) is 2.87. The molecule has 3 aromatic rings.